The van der Waals surface area contributed by atoms with Crippen LogP contribution < -0.4 is 10.5 Å². The lowest BCUT2D eigenvalue weighted by Crippen LogP contribution is -2.44. The third kappa shape index (κ3) is 2.86. The highest BCUT2D eigenvalue weighted by Crippen LogP contribution is 2.16. The normalized spacial score (nSPS) is 14.3. The molecule has 1 aliphatic rings. The van der Waals surface area contributed by atoms with Crippen molar-refractivity contribution < 1.29 is 4.92 Å². The molecular weight excluding hydrogens is 276 g/mol. The molecule has 1 aromatic rings. The Kier molecular flexibility index (Phi) is 4.20. The Hall–Kier alpha value is -2.45. The van der Waals surface area contributed by atoms with E-state index in [9.17, 15) is 14.9 Å². The third-order valence-corrected chi connectivity index (χ3v) is 3.47. The molecule has 0 aromatic carbocycles. The Bertz CT molecular complexity index is 620. The monoisotopic (exact) mass is 294 g/mol. The van der Waals surface area contributed by atoms with Crippen LogP contribution in [0, 0.1) is 22.4 Å². The minimum atomic E-state index is -0.796. The highest BCUT2D eigenvalue weighted by atomic mass is 16.6. The van der Waals surface area contributed by atoms with Gasteiger partial charge >= 0.3 is 11.2 Å². The van der Waals surface area contributed by atoms with Gasteiger partial charge in [-0.3, -0.25) is 30.2 Å². The quantitative estimate of drug-likeness (QED) is 0.369. The summed E-state index contributed by atoms with van der Waals surface area (Å²) in [5, 5.41) is 19.0. The van der Waals surface area contributed by atoms with Gasteiger partial charge in [-0.15, -0.1) is 0 Å². The predicted molar refractivity (Wildman–Crippen MR) is 77.8 cm³/mol. The molecule has 0 saturated carbocycles. The van der Waals surface area contributed by atoms with Gasteiger partial charge in [-0.25, -0.2) is 4.98 Å². The molecule has 9 nitrogen and oxygen atoms in total. The van der Waals surface area contributed by atoms with E-state index >= 15 is 0 Å². The summed E-state index contributed by atoms with van der Waals surface area (Å²) < 4.78 is 0. The lowest BCUT2D eigenvalue weighted by atomic mass is 10.4. The molecule has 0 unspecified atom stereocenters. The second kappa shape index (κ2) is 5.90. The number of nitro groups is 1. The summed E-state index contributed by atoms with van der Waals surface area (Å²) in [5.41, 5.74) is -1.30. The molecule has 114 valence electrons. The van der Waals surface area contributed by atoms with Gasteiger partial charge in [0, 0.05) is 19.6 Å². The average molecular weight is 294 g/mol. The highest BCUT2D eigenvalue weighted by molar-refractivity contribution is 5.92. The number of anilines is 1. The number of nitrogens with zero attached hydrogens (tertiary/aromatic N) is 4. The predicted octanol–water partition coefficient (Wildman–Crippen LogP) is 0.843. The van der Waals surface area contributed by atoms with E-state index in [1.165, 1.54) is 6.92 Å². The first-order valence-corrected chi connectivity index (χ1v) is 6.82. The fourth-order valence-electron chi connectivity index (χ4n) is 2.41. The molecule has 0 aliphatic carbocycles. The number of aromatic amines is 1. The summed E-state index contributed by atoms with van der Waals surface area (Å²) in [6, 6.07) is 0. The minimum Gasteiger partial charge on any atom is -0.343 e. The Morgan fingerprint density at radius 3 is 2.62 bits per heavy atom. The van der Waals surface area contributed by atoms with Crippen LogP contribution in [0.25, 0.3) is 0 Å². The molecule has 1 aliphatic heterocycles. The Labute approximate surface area is 121 Å². The summed E-state index contributed by atoms with van der Waals surface area (Å²) in [7, 11) is 0. The number of nitrogens with one attached hydrogen (secondary N) is 2. The molecule has 9 heteroatoms. The molecule has 1 saturated heterocycles. The number of hydrogen-bond donors (Lipinski definition) is 2. The van der Waals surface area contributed by atoms with E-state index in [0.717, 1.165) is 25.9 Å². The van der Waals surface area contributed by atoms with Gasteiger partial charge in [-0.1, -0.05) is 0 Å². The molecule has 2 N–H and O–H groups in total. The van der Waals surface area contributed by atoms with E-state index < -0.39 is 16.2 Å². The van der Waals surface area contributed by atoms with Crippen molar-refractivity contribution in [2.24, 2.45) is 0 Å². The number of aryl methyl sites for hydroxylation is 1. The second-order valence-electron chi connectivity index (χ2n) is 4.84. The molecule has 2 rings (SSSR count). The lowest BCUT2D eigenvalue weighted by Gasteiger charge is -2.28. The minimum absolute atomic E-state index is 0.0476. The Morgan fingerprint density at radius 2 is 2.14 bits per heavy atom. The van der Waals surface area contributed by atoms with Crippen LogP contribution in [-0.2, 0) is 0 Å². The zero-order valence-electron chi connectivity index (χ0n) is 12.0. The molecule has 21 heavy (non-hydrogen) atoms. The zero-order valence-corrected chi connectivity index (χ0v) is 12.0. The van der Waals surface area contributed by atoms with Crippen LogP contribution in [0.5, 0.6) is 0 Å². The molecule has 0 spiro atoms. The summed E-state index contributed by atoms with van der Waals surface area (Å²) in [4.78, 5) is 31.8. The summed E-state index contributed by atoms with van der Waals surface area (Å²) in [5.74, 6) is 0.425. The van der Waals surface area contributed by atoms with E-state index in [2.05, 4.69) is 9.97 Å². The largest absolute Gasteiger partial charge is 0.354 e. The van der Waals surface area contributed by atoms with Crippen molar-refractivity contribution in [3.63, 3.8) is 0 Å². The number of aromatic nitrogens is 2. The first kappa shape index (κ1) is 14.9. The summed E-state index contributed by atoms with van der Waals surface area (Å²) in [6.45, 7) is 5.29. The Balaban J connectivity index is 2.36. The van der Waals surface area contributed by atoms with Crippen molar-refractivity contribution in [3.8, 4) is 0 Å². The zero-order chi connectivity index (χ0) is 15.6. The lowest BCUT2D eigenvalue weighted by molar-refractivity contribution is -0.387. The van der Waals surface area contributed by atoms with Gasteiger partial charge in [-0.2, -0.15) is 0 Å². The molecule has 0 radical (unpaired) electrons. The third-order valence-electron chi connectivity index (χ3n) is 3.47. The Morgan fingerprint density at radius 1 is 1.52 bits per heavy atom. The van der Waals surface area contributed by atoms with Gasteiger partial charge in [0.1, 0.15) is 5.69 Å². The molecule has 2 heterocycles. The van der Waals surface area contributed by atoms with Crippen LogP contribution >= 0.6 is 0 Å². The number of guanidine groups is 1. The van der Waals surface area contributed by atoms with Crippen LogP contribution in [0.3, 0.4) is 0 Å². The van der Waals surface area contributed by atoms with Crippen molar-refractivity contribution >= 4 is 17.6 Å². The maximum Gasteiger partial charge on any atom is 0.354 e. The number of H-pyrrole nitrogens is 1. The van der Waals surface area contributed by atoms with Crippen LogP contribution in [0.2, 0.25) is 0 Å². The van der Waals surface area contributed by atoms with Gasteiger partial charge in [0.2, 0.25) is 11.9 Å². The highest BCUT2D eigenvalue weighted by Gasteiger charge is 2.25. The van der Waals surface area contributed by atoms with Crippen LogP contribution in [0.4, 0.5) is 11.6 Å². The standard InChI is InChI=1S/C12H18N6O3/c1-3-17(11(13)16-6-4-5-7-16)12-14-8(2)9(18(20)21)10(19)15-12/h13H,3-7H2,1-2H3,(H,14,15,19). The van der Waals surface area contributed by atoms with E-state index in [4.69, 9.17) is 5.41 Å². The van der Waals surface area contributed by atoms with Gasteiger partial charge in [-0.05, 0) is 26.7 Å². The fraction of sp³-hybridized carbons (Fsp3) is 0.583. The molecular formula is C12H18N6O3. The van der Waals surface area contributed by atoms with E-state index in [1.807, 2.05) is 11.8 Å². The SMILES string of the molecule is CCN(C(=N)N1CCCC1)c1nc(C)c([N+](=O)[O-])c(=O)[nH]1. The molecule has 1 aromatic heterocycles. The van der Waals surface area contributed by atoms with Gasteiger partial charge < -0.3 is 4.90 Å². The van der Waals surface area contributed by atoms with Crippen molar-refractivity contribution in [1.82, 2.24) is 14.9 Å². The van der Waals surface area contributed by atoms with Crippen molar-refractivity contribution in [2.45, 2.75) is 26.7 Å². The number of rotatable bonds is 3. The first-order valence-electron chi connectivity index (χ1n) is 6.82. The smallest absolute Gasteiger partial charge is 0.343 e. The number of hydrogen-bond acceptors (Lipinski definition) is 5. The maximum absolute atomic E-state index is 11.8. The average Bonchev–Trinajstić information content (AvgIpc) is 2.91. The van der Waals surface area contributed by atoms with Crippen molar-refractivity contribution in [3.05, 3.63) is 26.2 Å². The van der Waals surface area contributed by atoms with E-state index in [0.29, 0.717) is 6.54 Å². The van der Waals surface area contributed by atoms with Crippen molar-refractivity contribution in [2.75, 3.05) is 24.5 Å². The van der Waals surface area contributed by atoms with Crippen LogP contribution in [0.15, 0.2) is 4.79 Å². The van der Waals surface area contributed by atoms with E-state index in [1.54, 1.807) is 4.90 Å². The maximum atomic E-state index is 11.8. The van der Waals surface area contributed by atoms with Gasteiger partial charge in [0.15, 0.2) is 0 Å². The molecule has 1 fully saturated rings. The van der Waals surface area contributed by atoms with Crippen LogP contribution in [0.1, 0.15) is 25.5 Å². The molecule has 0 bridgehead atoms. The van der Waals surface area contributed by atoms with Gasteiger partial charge in [0.05, 0.1) is 4.92 Å². The first-order chi connectivity index (χ1) is 9.95. The summed E-state index contributed by atoms with van der Waals surface area (Å²) >= 11 is 0. The van der Waals surface area contributed by atoms with E-state index in [-0.39, 0.29) is 17.6 Å². The topological polar surface area (TPSA) is 119 Å². The van der Waals surface area contributed by atoms with Crippen LogP contribution in [-0.4, -0.2) is 45.4 Å². The van der Waals surface area contributed by atoms with Crippen molar-refractivity contribution in [1.29, 1.82) is 5.41 Å². The van der Waals surface area contributed by atoms with Gasteiger partial charge in [0.25, 0.3) is 0 Å². The molecule has 0 atom stereocenters. The number of likely N-dealkylation sites (tertiary alicyclic amines) is 1. The second-order valence-corrected chi connectivity index (χ2v) is 4.84. The fourth-order valence-corrected chi connectivity index (χ4v) is 2.41. The summed E-state index contributed by atoms with van der Waals surface area (Å²) in [6.07, 6.45) is 2.06. The molecule has 0 amide bonds.